The second kappa shape index (κ2) is 7.53. The summed E-state index contributed by atoms with van der Waals surface area (Å²) in [6.07, 6.45) is 1.16. The average Bonchev–Trinajstić information content (AvgIpc) is 2.63. The number of hydrogen-bond acceptors (Lipinski definition) is 5. The molecule has 1 spiro atoms. The molecule has 1 amide bonds. The lowest BCUT2D eigenvalue weighted by Gasteiger charge is -2.43. The lowest BCUT2D eigenvalue weighted by atomic mass is 9.82. The molecule has 26 heavy (non-hydrogen) atoms. The molecule has 7 nitrogen and oxygen atoms in total. The first-order valence-corrected chi connectivity index (χ1v) is 9.17. The summed E-state index contributed by atoms with van der Waals surface area (Å²) in [7, 11) is 0. The largest absolute Gasteiger partial charge is 0.486 e. The number of nitrogens with zero attached hydrogens (tertiary/aromatic N) is 2. The number of carbonyl (C=O) groups excluding carboxylic acids is 2. The molecule has 0 aromatic heterocycles. The number of hydrogen-bond donors (Lipinski definition) is 1. The van der Waals surface area contributed by atoms with Crippen LogP contribution in [0.15, 0.2) is 23.2 Å². The van der Waals surface area contributed by atoms with Gasteiger partial charge in [0.1, 0.15) is 17.2 Å². The Balaban J connectivity index is 1.75. The Morgan fingerprint density at radius 2 is 2.15 bits per heavy atom. The standard InChI is InChI=1S/C18H22ClN3O4/c1-2-25-17(24)22-7-5-18(6-8-22)10-14(23)13-9-12(21-16(20)11-19)3-4-15(13)26-18/h3-4,9H,2,5-8,10-11H2,1H3,(H2,20,21). The third-order valence-electron chi connectivity index (χ3n) is 4.68. The number of ether oxygens (including phenoxy) is 2. The molecular weight excluding hydrogens is 358 g/mol. The molecule has 0 bridgehead atoms. The zero-order valence-corrected chi connectivity index (χ0v) is 15.4. The van der Waals surface area contributed by atoms with E-state index in [1.165, 1.54) is 0 Å². The van der Waals surface area contributed by atoms with Gasteiger partial charge in [-0.3, -0.25) is 4.79 Å². The summed E-state index contributed by atoms with van der Waals surface area (Å²) in [5.41, 5.74) is 6.17. The number of halogens is 1. The summed E-state index contributed by atoms with van der Waals surface area (Å²) in [5, 5.41) is 0. The van der Waals surface area contributed by atoms with E-state index in [9.17, 15) is 9.59 Å². The molecule has 2 aliphatic heterocycles. The van der Waals surface area contributed by atoms with E-state index in [1.54, 1.807) is 30.0 Å². The summed E-state index contributed by atoms with van der Waals surface area (Å²) in [5.74, 6) is 0.979. The van der Waals surface area contributed by atoms with Crippen LogP contribution in [0, 0.1) is 0 Å². The minimum Gasteiger partial charge on any atom is -0.486 e. The number of Topliss-reactive ketones (excluding diaryl/α,β-unsaturated/α-hetero) is 1. The SMILES string of the molecule is CCOC(=O)N1CCC2(CC1)CC(=O)c1cc(N=C(N)CCl)ccc1O2. The average molecular weight is 380 g/mol. The summed E-state index contributed by atoms with van der Waals surface area (Å²) in [6, 6.07) is 5.17. The van der Waals surface area contributed by atoms with Gasteiger partial charge in [-0.2, -0.15) is 0 Å². The molecule has 1 saturated heterocycles. The van der Waals surface area contributed by atoms with E-state index in [0.29, 0.717) is 55.4 Å². The first kappa shape index (κ1) is 18.5. The minimum atomic E-state index is -0.562. The van der Waals surface area contributed by atoms with Crippen molar-refractivity contribution in [2.24, 2.45) is 10.7 Å². The smallest absolute Gasteiger partial charge is 0.409 e. The van der Waals surface area contributed by atoms with Gasteiger partial charge in [-0.1, -0.05) is 0 Å². The van der Waals surface area contributed by atoms with Crippen LogP contribution < -0.4 is 10.5 Å². The van der Waals surface area contributed by atoms with E-state index in [2.05, 4.69) is 4.99 Å². The van der Waals surface area contributed by atoms with Crippen molar-refractivity contribution in [3.63, 3.8) is 0 Å². The highest BCUT2D eigenvalue weighted by Gasteiger charge is 2.43. The third kappa shape index (κ3) is 3.77. The van der Waals surface area contributed by atoms with Crippen molar-refractivity contribution in [1.82, 2.24) is 4.90 Å². The molecule has 140 valence electrons. The maximum Gasteiger partial charge on any atom is 0.409 e. The molecule has 8 heteroatoms. The Hall–Kier alpha value is -2.28. The lowest BCUT2D eigenvalue weighted by molar-refractivity contribution is -0.00858. The van der Waals surface area contributed by atoms with Gasteiger partial charge in [0.25, 0.3) is 0 Å². The van der Waals surface area contributed by atoms with Crippen LogP contribution in [0.3, 0.4) is 0 Å². The summed E-state index contributed by atoms with van der Waals surface area (Å²) >= 11 is 5.64. The van der Waals surface area contributed by atoms with Gasteiger partial charge in [0.2, 0.25) is 0 Å². The number of carbonyl (C=O) groups is 2. The molecule has 0 aliphatic carbocycles. The first-order chi connectivity index (χ1) is 12.5. The van der Waals surface area contributed by atoms with E-state index < -0.39 is 5.60 Å². The topological polar surface area (TPSA) is 94.2 Å². The number of amides is 1. The number of likely N-dealkylation sites (tertiary alicyclic amines) is 1. The third-order valence-corrected chi connectivity index (χ3v) is 4.96. The number of ketones is 1. The molecule has 0 radical (unpaired) electrons. The fourth-order valence-corrected chi connectivity index (χ4v) is 3.40. The van der Waals surface area contributed by atoms with Crippen LogP contribution in [0.5, 0.6) is 5.75 Å². The minimum absolute atomic E-state index is 0.0114. The monoisotopic (exact) mass is 379 g/mol. The molecule has 1 fully saturated rings. The Labute approximate surface area is 157 Å². The van der Waals surface area contributed by atoms with Gasteiger partial charge in [0, 0.05) is 25.9 Å². The van der Waals surface area contributed by atoms with Gasteiger partial charge in [0.05, 0.1) is 30.2 Å². The lowest BCUT2D eigenvalue weighted by Crippen LogP contribution is -2.52. The van der Waals surface area contributed by atoms with E-state index in [4.69, 9.17) is 26.8 Å². The second-order valence-electron chi connectivity index (χ2n) is 6.49. The fraction of sp³-hybridized carbons (Fsp3) is 0.500. The van der Waals surface area contributed by atoms with Crippen LogP contribution in [0.2, 0.25) is 0 Å². The molecule has 2 N–H and O–H groups in total. The van der Waals surface area contributed by atoms with Gasteiger partial charge in [-0.25, -0.2) is 9.79 Å². The molecule has 2 aliphatic rings. The second-order valence-corrected chi connectivity index (χ2v) is 6.76. The molecule has 0 atom stereocenters. The highest BCUT2D eigenvalue weighted by molar-refractivity contribution is 6.28. The van der Waals surface area contributed by atoms with Crippen LogP contribution in [0.1, 0.15) is 36.5 Å². The number of amidine groups is 1. The Bertz CT molecular complexity index is 742. The van der Waals surface area contributed by atoms with Gasteiger partial charge in [-0.05, 0) is 25.1 Å². The fourth-order valence-electron chi connectivity index (χ4n) is 3.34. The number of piperidine rings is 1. The molecule has 0 saturated carbocycles. The number of fused-ring (bicyclic) bond motifs is 1. The van der Waals surface area contributed by atoms with Gasteiger partial charge in [0.15, 0.2) is 5.78 Å². The van der Waals surface area contributed by atoms with Crippen LogP contribution in [-0.4, -0.2) is 53.8 Å². The highest BCUT2D eigenvalue weighted by atomic mass is 35.5. The quantitative estimate of drug-likeness (QED) is 0.495. The van der Waals surface area contributed by atoms with E-state index in [1.807, 2.05) is 0 Å². The van der Waals surface area contributed by atoms with E-state index >= 15 is 0 Å². The number of aliphatic imine (C=N–C) groups is 1. The van der Waals surface area contributed by atoms with Crippen molar-refractivity contribution in [2.75, 3.05) is 25.6 Å². The van der Waals surface area contributed by atoms with Crippen molar-refractivity contribution >= 4 is 35.0 Å². The van der Waals surface area contributed by atoms with Crippen molar-refractivity contribution in [2.45, 2.75) is 31.8 Å². The summed E-state index contributed by atoms with van der Waals surface area (Å²) in [4.78, 5) is 30.4. The van der Waals surface area contributed by atoms with Crippen LogP contribution in [-0.2, 0) is 4.74 Å². The first-order valence-electron chi connectivity index (χ1n) is 8.63. The number of rotatable bonds is 3. The normalized spacial score (nSPS) is 19.1. The van der Waals surface area contributed by atoms with Crippen molar-refractivity contribution < 1.29 is 19.1 Å². The Morgan fingerprint density at radius 1 is 1.42 bits per heavy atom. The highest BCUT2D eigenvalue weighted by Crippen LogP contribution is 2.40. The maximum absolute atomic E-state index is 12.7. The molecule has 1 aromatic rings. The van der Waals surface area contributed by atoms with Gasteiger partial charge >= 0.3 is 6.09 Å². The van der Waals surface area contributed by atoms with Crippen LogP contribution in [0.4, 0.5) is 10.5 Å². The van der Waals surface area contributed by atoms with Crippen LogP contribution >= 0.6 is 11.6 Å². The molecular formula is C18H22ClN3O4. The van der Waals surface area contributed by atoms with Crippen molar-refractivity contribution in [1.29, 1.82) is 0 Å². The Morgan fingerprint density at radius 3 is 2.81 bits per heavy atom. The molecule has 2 heterocycles. The molecule has 0 unspecified atom stereocenters. The number of alkyl halides is 1. The van der Waals surface area contributed by atoms with Gasteiger partial charge in [-0.15, -0.1) is 11.6 Å². The summed E-state index contributed by atoms with van der Waals surface area (Å²) in [6.45, 7) is 3.15. The summed E-state index contributed by atoms with van der Waals surface area (Å²) < 4.78 is 11.2. The number of nitrogens with two attached hydrogens (primary N) is 1. The van der Waals surface area contributed by atoms with Crippen molar-refractivity contribution in [3.05, 3.63) is 23.8 Å². The van der Waals surface area contributed by atoms with Gasteiger partial charge < -0.3 is 20.1 Å². The predicted molar refractivity (Wildman–Crippen MR) is 98.6 cm³/mol. The number of benzene rings is 1. The van der Waals surface area contributed by atoms with Crippen LogP contribution in [0.25, 0.3) is 0 Å². The molecule has 1 aromatic carbocycles. The van der Waals surface area contributed by atoms with Crippen molar-refractivity contribution in [3.8, 4) is 5.75 Å². The van der Waals surface area contributed by atoms with E-state index in [0.717, 1.165) is 0 Å². The maximum atomic E-state index is 12.7. The van der Waals surface area contributed by atoms with E-state index in [-0.39, 0.29) is 24.2 Å². The zero-order chi connectivity index (χ0) is 18.7. The Kier molecular flexibility index (Phi) is 5.36. The zero-order valence-electron chi connectivity index (χ0n) is 14.7. The predicted octanol–water partition coefficient (Wildman–Crippen LogP) is 2.87. The molecule has 3 rings (SSSR count).